The van der Waals surface area contributed by atoms with Gasteiger partial charge in [-0.25, -0.2) is 13.6 Å². The van der Waals surface area contributed by atoms with E-state index in [1.165, 1.54) is 12.1 Å². The molecule has 2 rings (SSSR count). The fourth-order valence-electron chi connectivity index (χ4n) is 1.66. The van der Waals surface area contributed by atoms with Crippen LogP contribution in [0, 0.1) is 29.5 Å². The summed E-state index contributed by atoms with van der Waals surface area (Å²) in [7, 11) is 0. The molecule has 0 atom stereocenters. The van der Waals surface area contributed by atoms with Gasteiger partial charge < -0.3 is 0 Å². The van der Waals surface area contributed by atoms with Gasteiger partial charge in [-0.05, 0) is 41.5 Å². The average Bonchev–Trinajstić information content (AvgIpc) is 2.38. The number of benzene rings is 2. The molecule has 0 radical (unpaired) electrons. The van der Waals surface area contributed by atoms with Gasteiger partial charge in [-0.2, -0.15) is 5.26 Å². The first-order chi connectivity index (χ1) is 8.65. The Bertz CT molecular complexity index is 632. The van der Waals surface area contributed by atoms with E-state index in [9.17, 15) is 8.78 Å². The van der Waals surface area contributed by atoms with Crippen molar-refractivity contribution in [3.05, 3.63) is 65.0 Å². The number of halogens is 2. The van der Waals surface area contributed by atoms with E-state index < -0.39 is 11.6 Å². The maximum Gasteiger partial charge on any atom is 0.195 e. The fourth-order valence-corrected chi connectivity index (χ4v) is 1.66. The van der Waals surface area contributed by atoms with Crippen LogP contribution in [0.15, 0.2) is 36.4 Å². The first kappa shape index (κ1) is 11.8. The fraction of sp³-hybridized carbons (Fsp3) is 0. The van der Waals surface area contributed by atoms with Crippen molar-refractivity contribution in [1.82, 2.24) is 0 Å². The van der Waals surface area contributed by atoms with Crippen molar-refractivity contribution >= 4 is 5.69 Å². The van der Waals surface area contributed by atoms with Crippen LogP contribution in [0.2, 0.25) is 0 Å². The molecule has 18 heavy (non-hydrogen) atoms. The second kappa shape index (κ2) is 4.65. The predicted octanol–water partition coefficient (Wildman–Crippen LogP) is 4.05. The van der Waals surface area contributed by atoms with E-state index in [1.807, 2.05) is 6.07 Å². The average molecular weight is 240 g/mol. The van der Waals surface area contributed by atoms with E-state index in [4.69, 9.17) is 11.8 Å². The van der Waals surface area contributed by atoms with E-state index in [0.29, 0.717) is 0 Å². The molecule has 0 N–H and O–H groups in total. The number of rotatable bonds is 1. The minimum absolute atomic E-state index is 0.179. The molecule has 0 spiro atoms. The molecule has 0 aromatic heterocycles. The molecule has 2 aromatic carbocycles. The van der Waals surface area contributed by atoms with Gasteiger partial charge in [0.25, 0.3) is 0 Å². The van der Waals surface area contributed by atoms with Crippen molar-refractivity contribution in [3.8, 4) is 17.2 Å². The standard InChI is InChI=1S/C14H6F2N2/c1-18-14-5-4-11(16)7-13(14)12-6-10(15)3-2-9(12)8-17/h2-7H. The maximum absolute atomic E-state index is 13.2. The van der Waals surface area contributed by atoms with Crippen LogP contribution < -0.4 is 0 Å². The zero-order chi connectivity index (χ0) is 13.1. The third-order valence-corrected chi connectivity index (χ3v) is 2.47. The van der Waals surface area contributed by atoms with Gasteiger partial charge in [0.2, 0.25) is 0 Å². The Morgan fingerprint density at radius 3 is 2.22 bits per heavy atom. The van der Waals surface area contributed by atoms with Crippen LogP contribution in [0.1, 0.15) is 5.56 Å². The number of nitrogens with zero attached hydrogens (tertiary/aromatic N) is 2. The Morgan fingerprint density at radius 1 is 1.00 bits per heavy atom. The summed E-state index contributed by atoms with van der Waals surface area (Å²) >= 11 is 0. The van der Waals surface area contributed by atoms with Gasteiger partial charge in [0, 0.05) is 0 Å². The Kier molecular flexibility index (Phi) is 3.03. The lowest BCUT2D eigenvalue weighted by atomic mass is 9.98. The van der Waals surface area contributed by atoms with Crippen LogP contribution in [0.3, 0.4) is 0 Å². The Labute approximate surface area is 103 Å². The second-order valence-electron chi connectivity index (χ2n) is 3.57. The third-order valence-electron chi connectivity index (χ3n) is 2.47. The van der Waals surface area contributed by atoms with Crippen molar-refractivity contribution in [1.29, 1.82) is 5.26 Å². The normalized spacial score (nSPS) is 9.56. The SMILES string of the molecule is [C-]#[N+]c1ccc(F)cc1-c1cc(F)ccc1C#N. The monoisotopic (exact) mass is 240 g/mol. The highest BCUT2D eigenvalue weighted by molar-refractivity contribution is 5.82. The lowest BCUT2D eigenvalue weighted by Crippen LogP contribution is -1.88. The Hall–Kier alpha value is -2.72. The van der Waals surface area contributed by atoms with Gasteiger partial charge in [0.05, 0.1) is 18.2 Å². The number of hydrogen-bond donors (Lipinski definition) is 0. The van der Waals surface area contributed by atoms with Crippen LogP contribution >= 0.6 is 0 Å². The molecule has 2 nitrogen and oxygen atoms in total. The second-order valence-corrected chi connectivity index (χ2v) is 3.57. The van der Waals surface area contributed by atoms with E-state index in [2.05, 4.69) is 4.85 Å². The summed E-state index contributed by atoms with van der Waals surface area (Å²) in [5.41, 5.74) is 0.828. The molecule has 4 heteroatoms. The zero-order valence-electron chi connectivity index (χ0n) is 9.11. The molecule has 0 aliphatic rings. The molecule has 0 aliphatic carbocycles. The minimum Gasteiger partial charge on any atom is -0.238 e. The van der Waals surface area contributed by atoms with E-state index in [-0.39, 0.29) is 22.4 Å². The van der Waals surface area contributed by atoms with E-state index in [1.54, 1.807) is 0 Å². The van der Waals surface area contributed by atoms with Crippen LogP contribution in [0.25, 0.3) is 16.0 Å². The smallest absolute Gasteiger partial charge is 0.195 e. The molecule has 0 bridgehead atoms. The molecular formula is C14H6F2N2. The van der Waals surface area contributed by atoms with E-state index in [0.717, 1.165) is 24.3 Å². The Morgan fingerprint density at radius 2 is 1.61 bits per heavy atom. The van der Waals surface area contributed by atoms with Crippen molar-refractivity contribution in [2.24, 2.45) is 0 Å². The summed E-state index contributed by atoms with van der Waals surface area (Å²) in [4.78, 5) is 3.24. The predicted molar refractivity (Wildman–Crippen MR) is 62.8 cm³/mol. The largest absolute Gasteiger partial charge is 0.238 e. The maximum atomic E-state index is 13.2. The van der Waals surface area contributed by atoms with Gasteiger partial charge in [0.15, 0.2) is 5.69 Å². The van der Waals surface area contributed by atoms with Crippen molar-refractivity contribution in [2.45, 2.75) is 0 Å². The molecule has 0 heterocycles. The summed E-state index contributed by atoms with van der Waals surface area (Å²) in [6.45, 7) is 7.01. The molecule has 0 fully saturated rings. The number of nitriles is 1. The molecule has 2 aromatic rings. The molecule has 0 saturated carbocycles. The lowest BCUT2D eigenvalue weighted by molar-refractivity contribution is 0.626. The van der Waals surface area contributed by atoms with Crippen molar-refractivity contribution in [3.63, 3.8) is 0 Å². The Balaban J connectivity index is 2.77. The molecule has 86 valence electrons. The lowest BCUT2D eigenvalue weighted by Gasteiger charge is -2.07. The van der Waals surface area contributed by atoms with Crippen LogP contribution in [-0.2, 0) is 0 Å². The van der Waals surface area contributed by atoms with Gasteiger partial charge in [-0.3, -0.25) is 0 Å². The van der Waals surface area contributed by atoms with Gasteiger partial charge >= 0.3 is 0 Å². The topological polar surface area (TPSA) is 28.1 Å². The number of hydrogen-bond acceptors (Lipinski definition) is 1. The molecule has 0 unspecified atom stereocenters. The first-order valence-corrected chi connectivity index (χ1v) is 5.02. The molecule has 0 saturated heterocycles. The molecule has 0 aliphatic heterocycles. The molecular weight excluding hydrogens is 234 g/mol. The van der Waals surface area contributed by atoms with Crippen molar-refractivity contribution < 1.29 is 8.78 Å². The van der Waals surface area contributed by atoms with Crippen molar-refractivity contribution in [2.75, 3.05) is 0 Å². The first-order valence-electron chi connectivity index (χ1n) is 5.02. The highest BCUT2D eigenvalue weighted by Gasteiger charge is 2.11. The zero-order valence-corrected chi connectivity index (χ0v) is 9.11. The van der Waals surface area contributed by atoms with Crippen LogP contribution in [0.4, 0.5) is 14.5 Å². The van der Waals surface area contributed by atoms with E-state index >= 15 is 0 Å². The minimum atomic E-state index is -0.538. The quantitative estimate of drug-likeness (QED) is 0.691. The summed E-state index contributed by atoms with van der Waals surface area (Å²) in [6, 6.07) is 9.08. The molecule has 0 amide bonds. The summed E-state index contributed by atoms with van der Waals surface area (Å²) in [6.07, 6.45) is 0. The highest BCUT2D eigenvalue weighted by Crippen LogP contribution is 2.33. The van der Waals surface area contributed by atoms with Crippen LogP contribution in [0.5, 0.6) is 0 Å². The van der Waals surface area contributed by atoms with Gasteiger partial charge in [-0.15, -0.1) is 0 Å². The summed E-state index contributed by atoms with van der Waals surface area (Å²) in [5.74, 6) is -1.07. The van der Waals surface area contributed by atoms with Gasteiger partial charge in [-0.1, -0.05) is 6.07 Å². The van der Waals surface area contributed by atoms with Gasteiger partial charge in [0.1, 0.15) is 11.6 Å². The highest BCUT2D eigenvalue weighted by atomic mass is 19.1. The van der Waals surface area contributed by atoms with Crippen LogP contribution in [-0.4, -0.2) is 0 Å². The third kappa shape index (κ3) is 2.05. The summed E-state index contributed by atoms with van der Waals surface area (Å²) < 4.78 is 26.5. The summed E-state index contributed by atoms with van der Waals surface area (Å²) in [5, 5.41) is 8.96.